The van der Waals surface area contributed by atoms with Crippen molar-refractivity contribution in [2.75, 3.05) is 79.3 Å². The SMILES string of the molecule is C/C=C/OCCCCOCCC[Si]1(C)O[Si](C)(CCCOCCCCO/C=C/C)O[Si](C)(CCCOCCCCO/C=C/C)O[Si](C)(CCCOCCCCO/C=C/C)O1. The van der Waals surface area contributed by atoms with Crippen molar-refractivity contribution in [1.82, 2.24) is 0 Å². The van der Waals surface area contributed by atoms with Crippen molar-refractivity contribution in [3.63, 3.8) is 0 Å². The summed E-state index contributed by atoms with van der Waals surface area (Å²) in [6, 6.07) is 3.27. The van der Waals surface area contributed by atoms with Crippen molar-refractivity contribution < 1.29 is 54.4 Å². The Hall–Kier alpha value is -1.29. The molecule has 1 fully saturated rings. The molecule has 0 amide bonds. The molecule has 1 heterocycles. The van der Waals surface area contributed by atoms with Crippen LogP contribution >= 0.6 is 0 Å². The van der Waals surface area contributed by atoms with Crippen molar-refractivity contribution in [2.24, 2.45) is 0 Å². The molecule has 1 saturated heterocycles. The first-order valence-corrected chi connectivity index (χ1v) is 33.2. The van der Waals surface area contributed by atoms with Crippen LogP contribution in [0.25, 0.3) is 0 Å². The third-order valence-corrected chi connectivity index (χ3v) is 28.4. The fourth-order valence-corrected chi connectivity index (χ4v) is 30.1. The summed E-state index contributed by atoms with van der Waals surface area (Å²) in [7, 11) is -11.1. The van der Waals surface area contributed by atoms with E-state index in [0.717, 1.165) is 101 Å². The summed E-state index contributed by atoms with van der Waals surface area (Å²) in [4.78, 5) is 0. The molecule has 16 heteroatoms. The van der Waals surface area contributed by atoms with Gasteiger partial charge in [-0.2, -0.15) is 0 Å². The Bertz CT molecular complexity index is 937. The van der Waals surface area contributed by atoms with Crippen LogP contribution in [-0.2, 0) is 54.4 Å². The van der Waals surface area contributed by atoms with Crippen LogP contribution in [0.4, 0.5) is 0 Å². The van der Waals surface area contributed by atoms with E-state index in [-0.39, 0.29) is 0 Å². The van der Waals surface area contributed by atoms with Crippen LogP contribution in [0.15, 0.2) is 49.4 Å². The van der Waals surface area contributed by atoms with Crippen LogP contribution in [0, 0.1) is 0 Å². The maximum atomic E-state index is 7.39. The van der Waals surface area contributed by atoms with Gasteiger partial charge in [0.15, 0.2) is 0 Å². The van der Waals surface area contributed by atoms with Gasteiger partial charge in [-0.25, -0.2) is 0 Å². The third-order valence-electron chi connectivity index (χ3n) is 9.54. The lowest BCUT2D eigenvalue weighted by atomic mass is 10.3. The largest absolute Gasteiger partial charge is 0.502 e. The molecule has 0 radical (unpaired) electrons. The van der Waals surface area contributed by atoms with Crippen molar-refractivity contribution in [2.45, 2.75) is 155 Å². The number of allylic oxidation sites excluding steroid dienone is 4. The second-order valence-corrected chi connectivity index (χ2v) is 30.3. The first-order valence-electron chi connectivity index (χ1n) is 23.1. The number of rotatable bonds is 40. The fourth-order valence-electron chi connectivity index (χ4n) is 6.92. The molecule has 0 atom stereocenters. The summed E-state index contributed by atoms with van der Waals surface area (Å²) in [6.07, 6.45) is 25.8. The molecule has 0 saturated carbocycles. The van der Waals surface area contributed by atoms with Gasteiger partial charge in [0.1, 0.15) is 0 Å². The van der Waals surface area contributed by atoms with Gasteiger partial charge >= 0.3 is 34.2 Å². The number of hydrogen-bond donors (Lipinski definition) is 0. The third kappa shape index (κ3) is 31.5. The van der Waals surface area contributed by atoms with Crippen LogP contribution in [0.5, 0.6) is 0 Å². The minimum Gasteiger partial charge on any atom is -0.502 e. The molecule has 1 aliphatic rings. The Balaban J connectivity index is 3.03. The summed E-state index contributed by atoms with van der Waals surface area (Å²) < 4.78 is 75.7. The molecule has 0 aliphatic carbocycles. The van der Waals surface area contributed by atoms with Crippen LogP contribution in [-0.4, -0.2) is 114 Å². The van der Waals surface area contributed by atoms with E-state index in [1.165, 1.54) is 0 Å². The molecule has 1 rings (SSSR count). The van der Waals surface area contributed by atoms with E-state index in [1.54, 1.807) is 25.0 Å². The average Bonchev–Trinajstić information content (AvgIpc) is 3.20. The zero-order chi connectivity index (χ0) is 43.9. The first-order chi connectivity index (χ1) is 29.1. The topological polar surface area (TPSA) is 111 Å². The molecule has 60 heavy (non-hydrogen) atoms. The predicted molar refractivity (Wildman–Crippen MR) is 252 cm³/mol. The number of unbranched alkanes of at least 4 members (excludes halogenated alkanes) is 4. The lowest BCUT2D eigenvalue weighted by Crippen LogP contribution is -2.67. The van der Waals surface area contributed by atoms with E-state index in [1.807, 2.05) is 52.0 Å². The Morgan fingerprint density at radius 1 is 0.283 bits per heavy atom. The smallest absolute Gasteiger partial charge is 0.317 e. The van der Waals surface area contributed by atoms with E-state index >= 15 is 0 Å². The van der Waals surface area contributed by atoms with E-state index in [4.69, 9.17) is 54.4 Å². The van der Waals surface area contributed by atoms with Crippen LogP contribution < -0.4 is 0 Å². The Kier molecular flexibility index (Phi) is 35.1. The van der Waals surface area contributed by atoms with E-state index < -0.39 is 34.2 Å². The minimum atomic E-state index is -2.77. The van der Waals surface area contributed by atoms with Crippen LogP contribution in [0.2, 0.25) is 50.4 Å². The molecule has 0 spiro atoms. The fraction of sp³-hybridized carbons (Fsp3) is 0.818. The van der Waals surface area contributed by atoms with Crippen LogP contribution in [0.3, 0.4) is 0 Å². The van der Waals surface area contributed by atoms with Gasteiger partial charge in [-0.05, 0) is 155 Å². The summed E-state index contributed by atoms with van der Waals surface area (Å²) >= 11 is 0. The summed E-state index contributed by atoms with van der Waals surface area (Å²) in [5.41, 5.74) is 0. The molecule has 0 bridgehead atoms. The lowest BCUT2D eigenvalue weighted by molar-refractivity contribution is 0.117. The molecule has 12 nitrogen and oxygen atoms in total. The van der Waals surface area contributed by atoms with Crippen LogP contribution in [0.1, 0.15) is 105 Å². The average molecular weight is 922 g/mol. The molecule has 0 aromatic carbocycles. The molecule has 0 aromatic heterocycles. The molecular weight excluding hydrogens is 833 g/mol. The first kappa shape index (κ1) is 56.7. The van der Waals surface area contributed by atoms with Gasteiger partial charge in [0, 0.05) is 52.9 Å². The van der Waals surface area contributed by atoms with Crippen molar-refractivity contribution in [3.8, 4) is 0 Å². The van der Waals surface area contributed by atoms with E-state index in [2.05, 4.69) is 26.2 Å². The van der Waals surface area contributed by atoms with Gasteiger partial charge in [-0.15, -0.1) is 0 Å². The zero-order valence-corrected chi connectivity index (χ0v) is 43.3. The Morgan fingerprint density at radius 3 is 0.667 bits per heavy atom. The number of ether oxygens (including phenoxy) is 8. The highest BCUT2D eigenvalue weighted by atomic mass is 28.5. The van der Waals surface area contributed by atoms with Gasteiger partial charge in [0.05, 0.1) is 51.5 Å². The van der Waals surface area contributed by atoms with Gasteiger partial charge < -0.3 is 54.4 Å². The van der Waals surface area contributed by atoms with E-state index in [9.17, 15) is 0 Å². The Morgan fingerprint density at radius 2 is 0.467 bits per heavy atom. The van der Waals surface area contributed by atoms with Crippen molar-refractivity contribution in [3.05, 3.63) is 49.4 Å². The molecule has 0 unspecified atom stereocenters. The normalized spacial score (nSPS) is 23.9. The zero-order valence-electron chi connectivity index (χ0n) is 39.3. The second-order valence-electron chi connectivity index (χ2n) is 16.0. The minimum absolute atomic E-state index is 0.666. The van der Waals surface area contributed by atoms with Gasteiger partial charge in [0.25, 0.3) is 0 Å². The van der Waals surface area contributed by atoms with Gasteiger partial charge in [-0.1, -0.05) is 24.3 Å². The Labute approximate surface area is 371 Å². The quantitative estimate of drug-likeness (QED) is 0.0331. The standard InChI is InChI=1S/C44H88O12Si4/c1-9-25-45-29-13-17-33-49-37-21-41-57(5)53-58(6,42-22-38-50-34-18-14-30-46-26-10-2)55-60(8,44-24-40-52-36-20-16-32-48-28-12-4)56-59(7,54-57)43-23-39-51-35-19-15-31-47-27-11-3/h9-12,25-28H,13-24,29-44H2,1-8H3/b25-9+,26-10+,27-11+,28-12+. The maximum Gasteiger partial charge on any atom is 0.317 e. The highest BCUT2D eigenvalue weighted by Gasteiger charge is 2.56. The molecular formula is C44H88O12Si4. The van der Waals surface area contributed by atoms with Crippen molar-refractivity contribution in [1.29, 1.82) is 0 Å². The summed E-state index contributed by atoms with van der Waals surface area (Å²) in [5.74, 6) is 0. The summed E-state index contributed by atoms with van der Waals surface area (Å²) in [5, 5.41) is 0. The highest BCUT2D eigenvalue weighted by Crippen LogP contribution is 2.38. The molecule has 0 N–H and O–H groups in total. The van der Waals surface area contributed by atoms with Crippen molar-refractivity contribution >= 4 is 34.2 Å². The predicted octanol–water partition coefficient (Wildman–Crippen LogP) is 11.3. The lowest BCUT2D eigenvalue weighted by Gasteiger charge is -2.50. The molecule has 1 aliphatic heterocycles. The number of hydrogen-bond acceptors (Lipinski definition) is 12. The molecule has 0 aromatic rings. The maximum absolute atomic E-state index is 7.39. The highest BCUT2D eigenvalue weighted by molar-refractivity contribution is 6.93. The molecule has 352 valence electrons. The second kappa shape index (κ2) is 37.1. The van der Waals surface area contributed by atoms with Gasteiger partial charge in [-0.3, -0.25) is 0 Å². The van der Waals surface area contributed by atoms with E-state index in [0.29, 0.717) is 79.3 Å². The van der Waals surface area contributed by atoms with Gasteiger partial charge in [0.2, 0.25) is 0 Å². The monoisotopic (exact) mass is 921 g/mol. The summed E-state index contributed by atoms with van der Waals surface area (Å²) in [6.45, 7) is 25.1.